The summed E-state index contributed by atoms with van der Waals surface area (Å²) >= 11 is 0. The van der Waals surface area contributed by atoms with Gasteiger partial charge in [-0.25, -0.2) is 9.78 Å². The summed E-state index contributed by atoms with van der Waals surface area (Å²) in [6.45, 7) is 1.03. The number of carbonyl (C=O) groups excluding carboxylic acids is 1. The first-order valence-electron chi connectivity index (χ1n) is 6.84. The molecule has 22 heavy (non-hydrogen) atoms. The number of methoxy groups -OCH3 is 1. The van der Waals surface area contributed by atoms with Crippen molar-refractivity contribution in [3.8, 4) is 5.88 Å². The molecule has 1 aromatic rings. The van der Waals surface area contributed by atoms with E-state index in [9.17, 15) is 9.59 Å². The number of ether oxygens (including phenoxy) is 3. The molecular formula is C14H18N2O6. The monoisotopic (exact) mass is 310 g/mol. The van der Waals surface area contributed by atoms with Crippen molar-refractivity contribution >= 4 is 11.9 Å². The van der Waals surface area contributed by atoms with E-state index in [4.69, 9.17) is 19.3 Å². The molecule has 120 valence electrons. The number of rotatable bonds is 7. The van der Waals surface area contributed by atoms with E-state index in [0.29, 0.717) is 24.7 Å². The number of pyridine rings is 1. The highest BCUT2D eigenvalue weighted by Crippen LogP contribution is 2.15. The van der Waals surface area contributed by atoms with Gasteiger partial charge in [-0.1, -0.05) is 0 Å². The Hall–Kier alpha value is -2.19. The molecule has 1 saturated heterocycles. The molecule has 2 rings (SSSR count). The molecule has 0 aliphatic carbocycles. The molecule has 0 aromatic carbocycles. The van der Waals surface area contributed by atoms with Crippen molar-refractivity contribution in [3.63, 3.8) is 0 Å². The van der Waals surface area contributed by atoms with E-state index in [1.165, 1.54) is 25.4 Å². The normalized spacial score (nSPS) is 18.7. The van der Waals surface area contributed by atoms with Crippen molar-refractivity contribution in [2.24, 2.45) is 0 Å². The first kappa shape index (κ1) is 16.2. The summed E-state index contributed by atoms with van der Waals surface area (Å²) < 4.78 is 15.6. The summed E-state index contributed by atoms with van der Waals surface area (Å²) in [7, 11) is 1.27. The second kappa shape index (κ2) is 7.71. The van der Waals surface area contributed by atoms with Gasteiger partial charge in [-0.3, -0.25) is 4.79 Å². The first-order valence-corrected chi connectivity index (χ1v) is 6.84. The predicted octanol–water partition coefficient (Wildman–Crippen LogP) is 0.0787. The van der Waals surface area contributed by atoms with Gasteiger partial charge in [0.1, 0.15) is 6.10 Å². The number of aliphatic carboxylic acids is 1. The maximum absolute atomic E-state index is 12.0. The number of carbonyl (C=O) groups is 2. The summed E-state index contributed by atoms with van der Waals surface area (Å²) in [6.07, 6.45) is 1.10. The Morgan fingerprint density at radius 1 is 1.59 bits per heavy atom. The molecule has 8 heteroatoms. The number of nitrogens with one attached hydrogen (secondary N) is 1. The Morgan fingerprint density at radius 3 is 3.05 bits per heavy atom. The van der Waals surface area contributed by atoms with E-state index in [-0.39, 0.29) is 12.6 Å². The van der Waals surface area contributed by atoms with Crippen LogP contribution in [-0.2, 0) is 14.3 Å². The van der Waals surface area contributed by atoms with Crippen LogP contribution < -0.4 is 10.1 Å². The lowest BCUT2D eigenvalue weighted by Gasteiger charge is -2.13. The van der Waals surface area contributed by atoms with Crippen molar-refractivity contribution in [2.75, 3.05) is 26.9 Å². The fourth-order valence-corrected chi connectivity index (χ4v) is 1.95. The Labute approximate surface area is 127 Å². The van der Waals surface area contributed by atoms with Crippen LogP contribution in [0.2, 0.25) is 0 Å². The van der Waals surface area contributed by atoms with Crippen LogP contribution in [0.3, 0.4) is 0 Å². The summed E-state index contributed by atoms with van der Waals surface area (Å²) in [5.41, 5.74) is 0.337. The maximum Gasteiger partial charge on any atom is 0.334 e. The molecule has 0 bridgehead atoms. The van der Waals surface area contributed by atoms with Crippen molar-refractivity contribution in [2.45, 2.75) is 18.6 Å². The van der Waals surface area contributed by atoms with Crippen LogP contribution in [0.15, 0.2) is 18.3 Å². The van der Waals surface area contributed by atoms with Crippen molar-refractivity contribution in [3.05, 3.63) is 23.9 Å². The Kier molecular flexibility index (Phi) is 5.68. The van der Waals surface area contributed by atoms with Crippen LogP contribution in [0, 0.1) is 0 Å². The number of carboxylic acid groups (broad SMARTS) is 1. The SMILES string of the molecule is COC(CNC(=O)c1ccnc(OC2CCOC2)c1)C(=O)O. The molecule has 1 amide bonds. The Bertz CT molecular complexity index is 530. The largest absolute Gasteiger partial charge is 0.479 e. The number of amides is 1. The fraction of sp³-hybridized carbons (Fsp3) is 0.500. The topological polar surface area (TPSA) is 107 Å². The van der Waals surface area contributed by atoms with Crippen LogP contribution in [0.25, 0.3) is 0 Å². The third-order valence-corrected chi connectivity index (χ3v) is 3.18. The standard InChI is InChI=1S/C14H18N2O6/c1-20-11(14(18)19)7-16-13(17)9-2-4-15-12(6-9)22-10-3-5-21-8-10/h2,4,6,10-11H,3,5,7-8H2,1H3,(H,16,17)(H,18,19). The molecule has 1 aliphatic heterocycles. The molecule has 0 radical (unpaired) electrons. The smallest absolute Gasteiger partial charge is 0.334 e. The summed E-state index contributed by atoms with van der Waals surface area (Å²) in [6, 6.07) is 3.03. The van der Waals surface area contributed by atoms with Gasteiger partial charge in [-0.05, 0) is 6.07 Å². The quantitative estimate of drug-likeness (QED) is 0.734. The van der Waals surface area contributed by atoms with E-state index >= 15 is 0 Å². The molecule has 0 saturated carbocycles. The minimum Gasteiger partial charge on any atom is -0.479 e. The van der Waals surface area contributed by atoms with Gasteiger partial charge in [0.25, 0.3) is 5.91 Å². The van der Waals surface area contributed by atoms with E-state index in [2.05, 4.69) is 10.3 Å². The van der Waals surface area contributed by atoms with Crippen molar-refractivity contribution in [1.29, 1.82) is 0 Å². The average Bonchev–Trinajstić information content (AvgIpc) is 3.00. The molecule has 2 heterocycles. The zero-order chi connectivity index (χ0) is 15.9. The molecule has 8 nitrogen and oxygen atoms in total. The number of nitrogens with zero attached hydrogens (tertiary/aromatic N) is 1. The van der Waals surface area contributed by atoms with Gasteiger partial charge in [0.15, 0.2) is 6.10 Å². The number of hydrogen-bond donors (Lipinski definition) is 2. The third kappa shape index (κ3) is 4.40. The molecule has 2 unspecified atom stereocenters. The van der Waals surface area contributed by atoms with E-state index in [1.807, 2.05) is 0 Å². The van der Waals surface area contributed by atoms with Gasteiger partial charge in [-0.15, -0.1) is 0 Å². The molecular weight excluding hydrogens is 292 g/mol. The lowest BCUT2D eigenvalue weighted by molar-refractivity contribution is -0.148. The highest BCUT2D eigenvalue weighted by molar-refractivity contribution is 5.94. The zero-order valence-electron chi connectivity index (χ0n) is 12.2. The Morgan fingerprint density at radius 2 is 2.41 bits per heavy atom. The second-order valence-electron chi connectivity index (χ2n) is 4.76. The first-order chi connectivity index (χ1) is 10.6. The minimum absolute atomic E-state index is 0.0595. The molecule has 1 aliphatic rings. The molecule has 2 N–H and O–H groups in total. The van der Waals surface area contributed by atoms with Crippen LogP contribution in [0.5, 0.6) is 5.88 Å². The second-order valence-corrected chi connectivity index (χ2v) is 4.76. The Balaban J connectivity index is 1.93. The van der Waals surface area contributed by atoms with Crippen molar-refractivity contribution in [1.82, 2.24) is 10.3 Å². The summed E-state index contributed by atoms with van der Waals surface area (Å²) in [5.74, 6) is -1.22. The van der Waals surface area contributed by atoms with Gasteiger partial charge in [-0.2, -0.15) is 0 Å². The summed E-state index contributed by atoms with van der Waals surface area (Å²) in [4.78, 5) is 26.9. The predicted molar refractivity (Wildman–Crippen MR) is 74.9 cm³/mol. The van der Waals surface area contributed by atoms with Gasteiger partial charge in [0.2, 0.25) is 5.88 Å². The van der Waals surface area contributed by atoms with E-state index in [1.54, 1.807) is 0 Å². The number of hydrogen-bond acceptors (Lipinski definition) is 6. The minimum atomic E-state index is -1.14. The molecule has 1 fully saturated rings. The highest BCUT2D eigenvalue weighted by atomic mass is 16.5. The lowest BCUT2D eigenvalue weighted by Crippen LogP contribution is -2.37. The van der Waals surface area contributed by atoms with Crippen LogP contribution in [0.4, 0.5) is 0 Å². The molecule has 2 atom stereocenters. The lowest BCUT2D eigenvalue weighted by atomic mass is 10.2. The third-order valence-electron chi connectivity index (χ3n) is 3.18. The summed E-state index contributed by atoms with van der Waals surface area (Å²) in [5, 5.41) is 11.3. The van der Waals surface area contributed by atoms with Crippen LogP contribution >= 0.6 is 0 Å². The van der Waals surface area contributed by atoms with E-state index < -0.39 is 18.0 Å². The van der Waals surface area contributed by atoms with Crippen molar-refractivity contribution < 1.29 is 28.9 Å². The number of aromatic nitrogens is 1. The molecule has 0 spiro atoms. The fourth-order valence-electron chi connectivity index (χ4n) is 1.95. The molecule has 1 aromatic heterocycles. The highest BCUT2D eigenvalue weighted by Gasteiger charge is 2.20. The number of carboxylic acids is 1. The van der Waals surface area contributed by atoms with Gasteiger partial charge in [0.05, 0.1) is 19.8 Å². The van der Waals surface area contributed by atoms with Crippen LogP contribution in [0.1, 0.15) is 16.8 Å². The van der Waals surface area contributed by atoms with Gasteiger partial charge in [0, 0.05) is 31.4 Å². The van der Waals surface area contributed by atoms with E-state index in [0.717, 1.165) is 6.42 Å². The zero-order valence-corrected chi connectivity index (χ0v) is 12.2. The van der Waals surface area contributed by atoms with Gasteiger partial charge >= 0.3 is 5.97 Å². The van der Waals surface area contributed by atoms with Crippen LogP contribution in [-0.4, -0.2) is 61.0 Å². The van der Waals surface area contributed by atoms with Gasteiger partial charge < -0.3 is 24.6 Å². The maximum atomic E-state index is 12.0. The average molecular weight is 310 g/mol.